The zero-order valence-electron chi connectivity index (χ0n) is 9.94. The minimum atomic E-state index is -0.971. The van der Waals surface area contributed by atoms with E-state index in [0.717, 1.165) is 10.6 Å². The van der Waals surface area contributed by atoms with Crippen LogP contribution in [0.5, 0.6) is 0 Å². The Bertz CT molecular complexity index is 538. The number of rotatable bonds is 3. The summed E-state index contributed by atoms with van der Waals surface area (Å²) >= 11 is 5.69. The van der Waals surface area contributed by atoms with Gasteiger partial charge in [0.1, 0.15) is 17.5 Å². The van der Waals surface area contributed by atoms with Crippen LogP contribution >= 0.6 is 11.6 Å². The summed E-state index contributed by atoms with van der Waals surface area (Å²) in [4.78, 5) is 37.7. The van der Waals surface area contributed by atoms with Gasteiger partial charge in [-0.2, -0.15) is 0 Å². The number of aromatic nitrogens is 2. The fourth-order valence-corrected chi connectivity index (χ4v) is 1.59. The van der Waals surface area contributed by atoms with E-state index in [-0.39, 0.29) is 17.6 Å². The van der Waals surface area contributed by atoms with E-state index in [1.165, 1.54) is 0 Å². The minimum Gasteiger partial charge on any atom is -0.351 e. The lowest BCUT2D eigenvalue weighted by Gasteiger charge is -2.13. The van der Waals surface area contributed by atoms with Gasteiger partial charge in [-0.15, -0.1) is 0 Å². The van der Waals surface area contributed by atoms with Crippen molar-refractivity contribution in [3.05, 3.63) is 27.4 Å². The van der Waals surface area contributed by atoms with Gasteiger partial charge in [0.05, 0.1) is 0 Å². The van der Waals surface area contributed by atoms with E-state index in [0.29, 0.717) is 5.82 Å². The lowest BCUT2D eigenvalue weighted by atomic mass is 10.2. The Morgan fingerprint density at radius 1 is 1.56 bits per heavy atom. The largest absolute Gasteiger partial charge is 0.351 e. The van der Waals surface area contributed by atoms with Crippen molar-refractivity contribution >= 4 is 23.5 Å². The maximum Gasteiger partial charge on any atom is 0.318 e. The molecule has 0 aliphatic heterocycles. The van der Waals surface area contributed by atoms with E-state index in [9.17, 15) is 14.4 Å². The second-order valence-electron chi connectivity index (χ2n) is 3.93. The first kappa shape index (κ1) is 14.2. The van der Waals surface area contributed by atoms with E-state index in [2.05, 4.69) is 4.98 Å². The maximum absolute atomic E-state index is 11.7. The molecule has 1 rings (SSSR count). The van der Waals surface area contributed by atoms with Crippen molar-refractivity contribution in [2.24, 2.45) is 5.73 Å². The number of amides is 3. The molecular weight excluding hydrogens is 260 g/mol. The number of carbonyl (C=O) groups excluding carboxylic acids is 2. The predicted molar refractivity (Wildman–Crippen MR) is 65.3 cm³/mol. The molecular formula is C10H13ClN4O3. The molecule has 1 heterocycles. The molecule has 0 unspecified atom stereocenters. The third-order valence-corrected chi connectivity index (χ3v) is 2.28. The zero-order valence-corrected chi connectivity index (χ0v) is 10.7. The molecule has 1 aromatic rings. The summed E-state index contributed by atoms with van der Waals surface area (Å²) in [7, 11) is 0. The van der Waals surface area contributed by atoms with E-state index in [1.807, 2.05) is 5.32 Å². The summed E-state index contributed by atoms with van der Waals surface area (Å²) in [5, 5.41) is 1.94. The smallest absolute Gasteiger partial charge is 0.318 e. The van der Waals surface area contributed by atoms with E-state index < -0.39 is 17.5 Å². The van der Waals surface area contributed by atoms with Gasteiger partial charge >= 0.3 is 6.03 Å². The third kappa shape index (κ3) is 3.56. The van der Waals surface area contributed by atoms with Crippen LogP contribution in [0.4, 0.5) is 4.79 Å². The summed E-state index contributed by atoms with van der Waals surface area (Å²) < 4.78 is 1.15. The van der Waals surface area contributed by atoms with Crippen molar-refractivity contribution in [2.45, 2.75) is 26.3 Å². The Morgan fingerprint density at radius 2 is 2.17 bits per heavy atom. The molecule has 0 saturated carbocycles. The van der Waals surface area contributed by atoms with Crippen LogP contribution in [-0.2, 0) is 11.3 Å². The van der Waals surface area contributed by atoms with Crippen LogP contribution in [0.3, 0.4) is 0 Å². The molecule has 0 fully saturated rings. The molecule has 0 spiro atoms. The quantitative estimate of drug-likeness (QED) is 0.767. The van der Waals surface area contributed by atoms with Gasteiger partial charge in [0, 0.05) is 12.0 Å². The third-order valence-electron chi connectivity index (χ3n) is 2.09. The van der Waals surface area contributed by atoms with Crippen LogP contribution in [0.25, 0.3) is 0 Å². The normalized spacial score (nSPS) is 10.4. The highest BCUT2D eigenvalue weighted by molar-refractivity contribution is 6.29. The van der Waals surface area contributed by atoms with Crippen LogP contribution in [0.2, 0.25) is 5.15 Å². The SMILES string of the molecule is CC(C)c1nc(Cl)cc(=O)n1CC(=O)NC(N)=O. The number of hydrogen-bond acceptors (Lipinski definition) is 4. The number of halogens is 1. The zero-order chi connectivity index (χ0) is 13.9. The van der Waals surface area contributed by atoms with Crippen LogP contribution in [-0.4, -0.2) is 21.5 Å². The molecule has 0 atom stereocenters. The molecule has 3 N–H and O–H groups in total. The van der Waals surface area contributed by atoms with Gasteiger partial charge in [-0.3, -0.25) is 19.5 Å². The second kappa shape index (κ2) is 5.63. The number of nitrogens with two attached hydrogens (primary N) is 1. The fourth-order valence-electron chi connectivity index (χ4n) is 1.42. The van der Waals surface area contributed by atoms with Crippen molar-refractivity contribution in [1.29, 1.82) is 0 Å². The molecule has 0 bridgehead atoms. The highest BCUT2D eigenvalue weighted by Gasteiger charge is 2.14. The van der Waals surface area contributed by atoms with Crippen molar-refractivity contribution in [3.8, 4) is 0 Å². The van der Waals surface area contributed by atoms with E-state index >= 15 is 0 Å². The van der Waals surface area contributed by atoms with Crippen LogP contribution in [0.15, 0.2) is 10.9 Å². The second-order valence-corrected chi connectivity index (χ2v) is 4.32. The molecule has 0 radical (unpaired) electrons. The Labute approximate surface area is 108 Å². The first-order chi connectivity index (χ1) is 8.31. The summed E-state index contributed by atoms with van der Waals surface area (Å²) in [6.07, 6.45) is 0. The highest BCUT2D eigenvalue weighted by atomic mass is 35.5. The Morgan fingerprint density at radius 3 is 2.67 bits per heavy atom. The van der Waals surface area contributed by atoms with Crippen LogP contribution in [0, 0.1) is 0 Å². The lowest BCUT2D eigenvalue weighted by Crippen LogP contribution is -2.40. The monoisotopic (exact) mass is 272 g/mol. The molecule has 8 heteroatoms. The average Bonchev–Trinajstić information content (AvgIpc) is 2.20. The van der Waals surface area contributed by atoms with Gasteiger partial charge in [0.2, 0.25) is 5.91 Å². The van der Waals surface area contributed by atoms with Gasteiger partial charge in [-0.05, 0) is 0 Å². The topological polar surface area (TPSA) is 107 Å². The predicted octanol–water partition coefficient (Wildman–Crippen LogP) is 0.215. The maximum atomic E-state index is 11.7. The minimum absolute atomic E-state index is 0.0651. The first-order valence-electron chi connectivity index (χ1n) is 5.17. The lowest BCUT2D eigenvalue weighted by molar-refractivity contribution is -0.120. The number of primary amides is 1. The van der Waals surface area contributed by atoms with Crippen LogP contribution in [0.1, 0.15) is 25.6 Å². The molecule has 0 aliphatic carbocycles. The molecule has 98 valence electrons. The molecule has 7 nitrogen and oxygen atoms in total. The van der Waals surface area contributed by atoms with E-state index in [4.69, 9.17) is 17.3 Å². The van der Waals surface area contributed by atoms with Gasteiger partial charge in [-0.1, -0.05) is 25.4 Å². The van der Waals surface area contributed by atoms with Crippen molar-refractivity contribution in [3.63, 3.8) is 0 Å². The summed E-state index contributed by atoms with van der Waals surface area (Å²) in [6.45, 7) is 3.28. The number of nitrogens with one attached hydrogen (secondary N) is 1. The standard InChI is InChI=1S/C10H13ClN4O3/c1-5(2)9-13-6(11)3-8(17)15(9)4-7(16)14-10(12)18/h3,5H,4H2,1-2H3,(H3,12,14,16,18). The number of imide groups is 1. The highest BCUT2D eigenvalue weighted by Crippen LogP contribution is 2.12. The number of nitrogens with zero attached hydrogens (tertiary/aromatic N) is 2. The Balaban J connectivity index is 3.11. The number of hydrogen-bond donors (Lipinski definition) is 2. The van der Waals surface area contributed by atoms with Crippen LogP contribution < -0.4 is 16.6 Å². The summed E-state index contributed by atoms with van der Waals surface area (Å²) in [6, 6.07) is 0.131. The fraction of sp³-hybridized carbons (Fsp3) is 0.400. The average molecular weight is 273 g/mol. The molecule has 0 saturated heterocycles. The Hall–Kier alpha value is -1.89. The number of urea groups is 1. The Kier molecular flexibility index (Phi) is 4.43. The van der Waals surface area contributed by atoms with Gasteiger partial charge in [-0.25, -0.2) is 9.78 Å². The first-order valence-corrected chi connectivity index (χ1v) is 5.55. The summed E-state index contributed by atoms with van der Waals surface area (Å²) in [5.74, 6) is -0.416. The van der Waals surface area contributed by atoms with E-state index in [1.54, 1.807) is 13.8 Å². The molecule has 18 heavy (non-hydrogen) atoms. The van der Waals surface area contributed by atoms with Gasteiger partial charge < -0.3 is 5.73 Å². The van der Waals surface area contributed by atoms with Gasteiger partial charge in [0.15, 0.2) is 0 Å². The van der Waals surface area contributed by atoms with Crippen molar-refractivity contribution in [1.82, 2.24) is 14.9 Å². The molecule has 0 aliphatic rings. The summed E-state index contributed by atoms with van der Waals surface area (Å²) in [5.41, 5.74) is 4.35. The number of carbonyl (C=O) groups is 2. The van der Waals surface area contributed by atoms with Crippen molar-refractivity contribution in [2.75, 3.05) is 0 Å². The molecule has 3 amide bonds. The molecule has 1 aromatic heterocycles. The van der Waals surface area contributed by atoms with Gasteiger partial charge in [0.25, 0.3) is 5.56 Å². The van der Waals surface area contributed by atoms with Crippen molar-refractivity contribution < 1.29 is 9.59 Å². The molecule has 0 aromatic carbocycles.